The lowest BCUT2D eigenvalue weighted by molar-refractivity contribution is 0.334. The van der Waals surface area contributed by atoms with Gasteiger partial charge in [-0.05, 0) is 36.2 Å². The lowest BCUT2D eigenvalue weighted by Gasteiger charge is -2.35. The highest BCUT2D eigenvalue weighted by Crippen LogP contribution is 2.42. The number of benzene rings is 1. The van der Waals surface area contributed by atoms with Gasteiger partial charge in [0.15, 0.2) is 13.3 Å². The third kappa shape index (κ3) is 7.17. The standard InChI is InChI=1S/C29H27ClN6OS3Si/c1-29(2,3)41(5,6)37-13-7-8-23-35-22(17-38-23)24-21(14-31)28(36-26(32)25(24)33-4)40-16-20-15-39-27(34-20)18-9-11-19(30)12-10-18/h9-12,15,17H,13,16H2,1-3,5-6H3,(H2,32,36). The molecule has 2 N–H and O–H groups in total. The molecule has 0 spiro atoms. The summed E-state index contributed by atoms with van der Waals surface area (Å²) in [4.78, 5) is 17.3. The fraction of sp³-hybridized carbons (Fsp3) is 0.276. The minimum atomic E-state index is -1.90. The summed E-state index contributed by atoms with van der Waals surface area (Å²) in [5.74, 6) is 6.65. The van der Waals surface area contributed by atoms with Crippen LogP contribution in [0.5, 0.6) is 0 Å². The van der Waals surface area contributed by atoms with Crippen molar-refractivity contribution in [1.82, 2.24) is 15.0 Å². The van der Waals surface area contributed by atoms with Gasteiger partial charge in [0.2, 0.25) is 5.69 Å². The number of pyridine rings is 1. The van der Waals surface area contributed by atoms with Gasteiger partial charge in [0, 0.05) is 32.7 Å². The predicted molar refractivity (Wildman–Crippen MR) is 173 cm³/mol. The van der Waals surface area contributed by atoms with Crippen molar-refractivity contribution in [3.8, 4) is 39.7 Å². The molecule has 0 saturated heterocycles. The zero-order chi connectivity index (χ0) is 29.8. The number of nitriles is 1. The summed E-state index contributed by atoms with van der Waals surface area (Å²) in [6.07, 6.45) is 0. The summed E-state index contributed by atoms with van der Waals surface area (Å²) in [5.41, 5.74) is 9.24. The van der Waals surface area contributed by atoms with Crippen LogP contribution in [0, 0.1) is 29.7 Å². The number of anilines is 1. The van der Waals surface area contributed by atoms with E-state index in [4.69, 9.17) is 33.3 Å². The largest absolute Gasteiger partial charge is 0.406 e. The zero-order valence-electron chi connectivity index (χ0n) is 23.2. The second-order valence-electron chi connectivity index (χ2n) is 10.5. The molecular weight excluding hydrogens is 608 g/mol. The summed E-state index contributed by atoms with van der Waals surface area (Å²) >= 11 is 10.2. The molecule has 3 aromatic heterocycles. The number of thiazole rings is 2. The third-order valence-corrected chi connectivity index (χ3v) is 14.1. The number of nitrogen functional groups attached to an aromatic ring is 1. The van der Waals surface area contributed by atoms with E-state index in [9.17, 15) is 5.26 Å². The molecule has 3 heterocycles. The monoisotopic (exact) mass is 634 g/mol. The van der Waals surface area contributed by atoms with Crippen LogP contribution < -0.4 is 5.73 Å². The van der Waals surface area contributed by atoms with Crippen LogP contribution in [0.3, 0.4) is 0 Å². The van der Waals surface area contributed by atoms with Crippen LogP contribution in [-0.2, 0) is 10.2 Å². The van der Waals surface area contributed by atoms with Crippen LogP contribution in [-0.4, -0.2) is 29.9 Å². The molecule has 0 bridgehead atoms. The highest BCUT2D eigenvalue weighted by Gasteiger charge is 2.36. The number of aromatic nitrogens is 3. The van der Waals surface area contributed by atoms with E-state index in [1.165, 1.54) is 34.4 Å². The Labute approximate surface area is 258 Å². The van der Waals surface area contributed by atoms with Gasteiger partial charge in [-0.3, -0.25) is 0 Å². The molecule has 0 atom stereocenters. The van der Waals surface area contributed by atoms with Crippen molar-refractivity contribution in [3.63, 3.8) is 0 Å². The fourth-order valence-electron chi connectivity index (χ4n) is 3.37. The van der Waals surface area contributed by atoms with Gasteiger partial charge in [-0.15, -0.1) is 22.7 Å². The van der Waals surface area contributed by atoms with Crippen LogP contribution in [0.1, 0.15) is 37.0 Å². The van der Waals surface area contributed by atoms with Gasteiger partial charge in [-0.25, -0.2) is 19.8 Å². The Morgan fingerprint density at radius 1 is 1.15 bits per heavy atom. The van der Waals surface area contributed by atoms with E-state index in [1.807, 2.05) is 29.6 Å². The summed E-state index contributed by atoms with van der Waals surface area (Å²) in [5, 5.41) is 16.5. The van der Waals surface area contributed by atoms with Crippen LogP contribution in [0.2, 0.25) is 23.2 Å². The highest BCUT2D eigenvalue weighted by molar-refractivity contribution is 7.98. The Hall–Kier alpha value is -3.21. The topological polar surface area (TPSA) is 102 Å². The number of thioether (sulfide) groups is 1. The Morgan fingerprint density at radius 2 is 1.88 bits per heavy atom. The first-order valence-electron chi connectivity index (χ1n) is 12.5. The summed E-state index contributed by atoms with van der Waals surface area (Å²) in [7, 11) is -1.90. The molecule has 0 unspecified atom stereocenters. The maximum Gasteiger partial charge on any atom is 0.238 e. The number of hydrogen-bond acceptors (Lipinski definition) is 9. The van der Waals surface area contributed by atoms with Crippen molar-refractivity contribution in [2.24, 2.45) is 0 Å². The van der Waals surface area contributed by atoms with Gasteiger partial charge >= 0.3 is 0 Å². The van der Waals surface area contributed by atoms with Crippen molar-refractivity contribution in [2.75, 3.05) is 12.3 Å². The van der Waals surface area contributed by atoms with Gasteiger partial charge in [-0.2, -0.15) is 5.26 Å². The van der Waals surface area contributed by atoms with Gasteiger partial charge in [-0.1, -0.05) is 62.2 Å². The van der Waals surface area contributed by atoms with Crippen molar-refractivity contribution in [2.45, 2.75) is 49.7 Å². The van der Waals surface area contributed by atoms with E-state index >= 15 is 0 Å². The molecule has 12 heteroatoms. The number of nitrogens with two attached hydrogens (primary N) is 1. The second-order valence-corrected chi connectivity index (χ2v) is 18.4. The zero-order valence-corrected chi connectivity index (χ0v) is 27.4. The van der Waals surface area contributed by atoms with Crippen LogP contribution >= 0.6 is 46.0 Å². The Morgan fingerprint density at radius 3 is 2.54 bits per heavy atom. The molecule has 0 aliphatic rings. The minimum Gasteiger partial charge on any atom is -0.406 e. The molecule has 0 aliphatic carbocycles. The molecule has 0 fully saturated rings. The van der Waals surface area contributed by atoms with Crippen molar-refractivity contribution < 1.29 is 4.43 Å². The number of hydrogen-bond donors (Lipinski definition) is 1. The highest BCUT2D eigenvalue weighted by atomic mass is 35.5. The molecular formula is C29H27ClN6OS3Si. The van der Waals surface area contributed by atoms with E-state index in [0.29, 0.717) is 38.7 Å². The first-order chi connectivity index (χ1) is 19.4. The third-order valence-electron chi connectivity index (χ3n) is 6.66. The second kappa shape index (κ2) is 12.8. The molecule has 0 radical (unpaired) electrons. The molecule has 1 aromatic carbocycles. The van der Waals surface area contributed by atoms with Crippen LogP contribution in [0.25, 0.3) is 26.7 Å². The quantitative estimate of drug-likeness (QED) is 0.0939. The Balaban J connectivity index is 1.57. The molecule has 4 rings (SSSR count). The van der Waals surface area contributed by atoms with Gasteiger partial charge in [0.25, 0.3) is 0 Å². The fourth-order valence-corrected chi connectivity index (χ4v) is 6.86. The molecule has 41 heavy (non-hydrogen) atoms. The average Bonchev–Trinajstić information content (AvgIpc) is 3.59. The summed E-state index contributed by atoms with van der Waals surface area (Å²) in [6, 6.07) is 9.75. The maximum atomic E-state index is 10.1. The van der Waals surface area contributed by atoms with Gasteiger partial charge < -0.3 is 10.2 Å². The Bertz CT molecular complexity index is 1720. The SMILES string of the molecule is [C-]#[N+]c1c(N)nc(SCc2csc(-c3ccc(Cl)cc3)n2)c(C#N)c1-c1csc(C#CCO[Si](C)(C)C(C)(C)C)n1. The molecule has 0 aliphatic heterocycles. The van der Waals surface area contributed by atoms with E-state index in [-0.39, 0.29) is 22.1 Å². The van der Waals surface area contributed by atoms with E-state index < -0.39 is 8.32 Å². The number of rotatable bonds is 7. The normalized spacial score (nSPS) is 11.4. The average molecular weight is 635 g/mol. The van der Waals surface area contributed by atoms with Crippen molar-refractivity contribution in [1.29, 1.82) is 5.26 Å². The predicted octanol–water partition coefficient (Wildman–Crippen LogP) is 8.65. The summed E-state index contributed by atoms with van der Waals surface area (Å²) in [6.45, 7) is 18.9. The van der Waals surface area contributed by atoms with E-state index in [0.717, 1.165) is 16.3 Å². The van der Waals surface area contributed by atoms with Crippen LogP contribution in [0.4, 0.5) is 11.5 Å². The summed E-state index contributed by atoms with van der Waals surface area (Å²) < 4.78 is 6.13. The van der Waals surface area contributed by atoms with E-state index in [2.05, 4.69) is 66.6 Å². The minimum absolute atomic E-state index is 0.0556. The lowest BCUT2D eigenvalue weighted by atomic mass is 10.1. The van der Waals surface area contributed by atoms with E-state index in [1.54, 1.807) is 5.38 Å². The molecule has 0 amide bonds. The van der Waals surface area contributed by atoms with Crippen molar-refractivity contribution in [3.05, 3.63) is 67.7 Å². The maximum absolute atomic E-state index is 10.1. The first kappa shape index (κ1) is 30.7. The van der Waals surface area contributed by atoms with Gasteiger partial charge in [0.05, 0.1) is 30.1 Å². The number of halogens is 1. The lowest BCUT2D eigenvalue weighted by Crippen LogP contribution is -2.40. The molecule has 0 saturated carbocycles. The first-order valence-corrected chi connectivity index (χ1v) is 18.5. The Kier molecular flexibility index (Phi) is 9.56. The molecule has 7 nitrogen and oxygen atoms in total. The smallest absolute Gasteiger partial charge is 0.238 e. The van der Waals surface area contributed by atoms with Crippen LogP contribution in [0.15, 0.2) is 40.1 Å². The molecule has 4 aromatic rings. The molecule has 208 valence electrons. The van der Waals surface area contributed by atoms with Crippen molar-refractivity contribution >= 4 is 65.9 Å². The van der Waals surface area contributed by atoms with Gasteiger partial charge in [0.1, 0.15) is 21.9 Å². The number of nitrogens with zero attached hydrogens (tertiary/aromatic N) is 5.